The molecule has 2 heterocycles. The van der Waals surface area contributed by atoms with Crippen LogP contribution in [0.15, 0.2) is 48.5 Å². The largest absolute Gasteiger partial charge is 0.386 e. The van der Waals surface area contributed by atoms with Crippen molar-refractivity contribution >= 4 is 17.5 Å². The number of benzene rings is 2. The fraction of sp³-hybridized carbons (Fsp3) is 0.462. The van der Waals surface area contributed by atoms with Crippen LogP contribution in [-0.4, -0.2) is 83.0 Å². The first-order chi connectivity index (χ1) is 16.4. The predicted molar refractivity (Wildman–Crippen MR) is 127 cm³/mol. The SMILES string of the molecule is O=C(CC1COC1)Nc1cccc(-c2ccc(C(=O)N3CCN(C(O)C4(O)CC4)CC3)cc2)c1. The van der Waals surface area contributed by atoms with Crippen LogP contribution in [0.2, 0.25) is 0 Å². The molecule has 34 heavy (non-hydrogen) atoms. The summed E-state index contributed by atoms with van der Waals surface area (Å²) in [5.41, 5.74) is 2.33. The Morgan fingerprint density at radius 1 is 1.03 bits per heavy atom. The third-order valence-corrected chi connectivity index (χ3v) is 6.98. The topological polar surface area (TPSA) is 102 Å². The summed E-state index contributed by atoms with van der Waals surface area (Å²) in [6, 6.07) is 15.2. The average molecular weight is 466 g/mol. The maximum atomic E-state index is 13.0. The van der Waals surface area contributed by atoms with E-state index in [1.54, 1.807) is 4.90 Å². The quantitative estimate of drug-likeness (QED) is 0.578. The number of anilines is 1. The number of nitrogens with zero attached hydrogens (tertiary/aromatic N) is 2. The lowest BCUT2D eigenvalue weighted by Gasteiger charge is -2.38. The van der Waals surface area contributed by atoms with Crippen LogP contribution in [0.5, 0.6) is 0 Å². The number of hydrogen-bond donors (Lipinski definition) is 3. The molecule has 2 saturated heterocycles. The van der Waals surface area contributed by atoms with Gasteiger partial charge in [-0.15, -0.1) is 0 Å². The molecule has 5 rings (SSSR count). The minimum absolute atomic E-state index is 0.00898. The number of ether oxygens (including phenoxy) is 1. The van der Waals surface area contributed by atoms with Gasteiger partial charge in [0.05, 0.1) is 13.2 Å². The Balaban J connectivity index is 1.17. The van der Waals surface area contributed by atoms with Gasteiger partial charge in [0.15, 0.2) is 0 Å². The second kappa shape index (κ2) is 9.46. The van der Waals surface area contributed by atoms with E-state index in [4.69, 9.17) is 4.74 Å². The number of carbonyl (C=O) groups is 2. The van der Waals surface area contributed by atoms with Crippen molar-refractivity contribution in [2.24, 2.45) is 5.92 Å². The summed E-state index contributed by atoms with van der Waals surface area (Å²) in [5.74, 6) is 0.267. The maximum Gasteiger partial charge on any atom is 0.253 e. The first kappa shape index (κ1) is 23.0. The summed E-state index contributed by atoms with van der Waals surface area (Å²) in [6.07, 6.45) is 0.877. The highest BCUT2D eigenvalue weighted by Crippen LogP contribution is 2.39. The van der Waals surface area contributed by atoms with Crippen LogP contribution < -0.4 is 5.32 Å². The highest BCUT2D eigenvalue weighted by Gasteiger charge is 2.50. The summed E-state index contributed by atoms with van der Waals surface area (Å²) < 4.78 is 5.13. The molecule has 1 saturated carbocycles. The van der Waals surface area contributed by atoms with Crippen LogP contribution in [0.3, 0.4) is 0 Å². The summed E-state index contributed by atoms with van der Waals surface area (Å²) in [4.78, 5) is 28.8. The molecule has 1 aliphatic carbocycles. The minimum Gasteiger partial charge on any atom is -0.386 e. The Morgan fingerprint density at radius 2 is 1.74 bits per heavy atom. The Labute approximate surface area is 199 Å². The molecule has 0 aromatic heterocycles. The molecule has 1 atom stereocenters. The van der Waals surface area contributed by atoms with E-state index in [9.17, 15) is 19.8 Å². The van der Waals surface area contributed by atoms with Crippen molar-refractivity contribution in [3.8, 4) is 11.1 Å². The molecule has 2 aromatic rings. The smallest absolute Gasteiger partial charge is 0.253 e. The van der Waals surface area contributed by atoms with Gasteiger partial charge in [-0.1, -0.05) is 24.3 Å². The highest BCUT2D eigenvalue weighted by atomic mass is 16.5. The minimum atomic E-state index is -0.965. The lowest BCUT2D eigenvalue weighted by molar-refractivity contribution is -0.121. The van der Waals surface area contributed by atoms with Crippen LogP contribution in [0.1, 0.15) is 29.6 Å². The molecule has 8 heteroatoms. The zero-order valence-corrected chi connectivity index (χ0v) is 19.2. The Morgan fingerprint density at radius 3 is 2.35 bits per heavy atom. The van der Waals surface area contributed by atoms with E-state index in [0.717, 1.165) is 16.8 Å². The monoisotopic (exact) mass is 465 g/mol. The number of piperazine rings is 1. The Hall–Kier alpha value is -2.78. The van der Waals surface area contributed by atoms with Crippen molar-refractivity contribution in [3.05, 3.63) is 54.1 Å². The van der Waals surface area contributed by atoms with Gasteiger partial charge in [0.1, 0.15) is 11.8 Å². The van der Waals surface area contributed by atoms with Gasteiger partial charge >= 0.3 is 0 Å². The van der Waals surface area contributed by atoms with Crippen molar-refractivity contribution in [2.45, 2.75) is 31.1 Å². The van der Waals surface area contributed by atoms with Crippen LogP contribution in [0.4, 0.5) is 5.69 Å². The van der Waals surface area contributed by atoms with E-state index in [1.165, 1.54) is 0 Å². The van der Waals surface area contributed by atoms with Gasteiger partial charge in [0.25, 0.3) is 5.91 Å². The molecular formula is C26H31N3O5. The van der Waals surface area contributed by atoms with Crippen LogP contribution in [0.25, 0.3) is 11.1 Å². The number of hydrogen-bond acceptors (Lipinski definition) is 6. The van der Waals surface area contributed by atoms with Crippen LogP contribution >= 0.6 is 0 Å². The molecule has 0 radical (unpaired) electrons. The van der Waals surface area contributed by atoms with Crippen LogP contribution in [-0.2, 0) is 9.53 Å². The molecule has 8 nitrogen and oxygen atoms in total. The lowest BCUT2D eigenvalue weighted by Crippen LogP contribution is -2.55. The molecule has 0 spiro atoms. The van der Waals surface area contributed by atoms with E-state index in [2.05, 4.69) is 5.32 Å². The number of amides is 2. The molecular weight excluding hydrogens is 434 g/mol. The zero-order chi connectivity index (χ0) is 23.7. The summed E-state index contributed by atoms with van der Waals surface area (Å²) in [7, 11) is 0. The maximum absolute atomic E-state index is 13.0. The van der Waals surface area contributed by atoms with Crippen molar-refractivity contribution in [2.75, 3.05) is 44.7 Å². The normalized spacial score (nSPS) is 20.9. The second-order valence-corrected chi connectivity index (χ2v) is 9.62. The molecule has 3 fully saturated rings. The molecule has 2 aliphatic heterocycles. The second-order valence-electron chi connectivity index (χ2n) is 9.62. The van der Waals surface area contributed by atoms with Crippen molar-refractivity contribution in [1.29, 1.82) is 0 Å². The molecule has 180 valence electrons. The van der Waals surface area contributed by atoms with E-state index >= 15 is 0 Å². The van der Waals surface area contributed by atoms with E-state index in [1.807, 2.05) is 53.4 Å². The van der Waals surface area contributed by atoms with Gasteiger partial charge in [-0.05, 0) is 48.2 Å². The molecule has 3 N–H and O–H groups in total. The average Bonchev–Trinajstić information content (AvgIpc) is 3.59. The highest BCUT2D eigenvalue weighted by molar-refractivity contribution is 5.95. The fourth-order valence-electron chi connectivity index (χ4n) is 4.54. The molecule has 1 unspecified atom stereocenters. The number of rotatable bonds is 7. The number of nitrogens with one attached hydrogen (secondary N) is 1. The van der Waals surface area contributed by atoms with Gasteiger partial charge in [0.2, 0.25) is 5.91 Å². The van der Waals surface area contributed by atoms with E-state index < -0.39 is 11.8 Å². The predicted octanol–water partition coefficient (Wildman–Crippen LogP) is 1.93. The molecule has 0 bridgehead atoms. The molecule has 3 aliphatic rings. The Kier molecular flexibility index (Phi) is 6.40. The van der Waals surface area contributed by atoms with E-state index in [-0.39, 0.29) is 11.8 Å². The summed E-state index contributed by atoms with van der Waals surface area (Å²) >= 11 is 0. The van der Waals surface area contributed by atoms with Crippen LogP contribution in [0, 0.1) is 5.92 Å². The summed E-state index contributed by atoms with van der Waals surface area (Å²) in [6.45, 7) is 3.42. The van der Waals surface area contributed by atoms with Crippen molar-refractivity contribution in [3.63, 3.8) is 0 Å². The number of aliphatic hydroxyl groups is 2. The first-order valence-electron chi connectivity index (χ1n) is 11.9. The van der Waals surface area contributed by atoms with E-state index in [0.29, 0.717) is 70.1 Å². The van der Waals surface area contributed by atoms with Gasteiger partial charge in [-0.3, -0.25) is 14.5 Å². The number of carbonyl (C=O) groups excluding carboxylic acids is 2. The third-order valence-electron chi connectivity index (χ3n) is 6.98. The summed E-state index contributed by atoms with van der Waals surface area (Å²) in [5, 5.41) is 23.4. The van der Waals surface area contributed by atoms with Gasteiger partial charge in [-0.25, -0.2) is 0 Å². The van der Waals surface area contributed by atoms with Crippen molar-refractivity contribution in [1.82, 2.24) is 9.80 Å². The van der Waals surface area contributed by atoms with Gasteiger partial charge in [0, 0.05) is 49.8 Å². The Bertz CT molecular complexity index is 1040. The fourth-order valence-corrected chi connectivity index (χ4v) is 4.54. The van der Waals surface area contributed by atoms with Crippen molar-refractivity contribution < 1.29 is 24.5 Å². The third kappa shape index (κ3) is 5.00. The molecule has 2 amide bonds. The zero-order valence-electron chi connectivity index (χ0n) is 19.2. The molecule has 2 aromatic carbocycles. The van der Waals surface area contributed by atoms with Gasteiger partial charge in [-0.2, -0.15) is 0 Å². The van der Waals surface area contributed by atoms with Gasteiger partial charge < -0.3 is 25.2 Å². The standard InChI is InChI=1S/C26H31N3O5/c30-23(14-18-16-34-17-18)27-22-3-1-2-21(15-22)19-4-6-20(7-5-19)24(31)28-10-12-29(13-11-28)25(32)26(33)8-9-26/h1-7,15,18,25,32-33H,8-14,16-17H2,(H,27,30). The lowest BCUT2D eigenvalue weighted by atomic mass is 10.0. The first-order valence-corrected chi connectivity index (χ1v) is 11.9. The number of aliphatic hydroxyl groups excluding tert-OH is 1.